The lowest BCUT2D eigenvalue weighted by atomic mass is 9.75. The molecule has 1 aromatic carbocycles. The van der Waals surface area contributed by atoms with E-state index in [9.17, 15) is 39.9 Å². The van der Waals surface area contributed by atoms with E-state index in [4.69, 9.17) is 56.6 Å². The van der Waals surface area contributed by atoms with Crippen LogP contribution in [0.1, 0.15) is 37.0 Å². The minimum Gasteiger partial charge on any atom is -0.496 e. The van der Waals surface area contributed by atoms with E-state index in [0.29, 0.717) is 11.5 Å². The molecule has 0 radical (unpaired) electrons. The molecule has 4 aliphatic rings. The quantitative estimate of drug-likeness (QED) is 0.119. The van der Waals surface area contributed by atoms with Gasteiger partial charge in [-0.3, -0.25) is 14.6 Å². The summed E-state index contributed by atoms with van der Waals surface area (Å²) in [7, 11) is 4.31. The summed E-state index contributed by atoms with van der Waals surface area (Å²) in [5.41, 5.74) is 10.0. The van der Waals surface area contributed by atoms with E-state index in [1.54, 1.807) is 13.8 Å². The standard InChI is InChI=1S/C17H17ClO6.C14H25N3O9/c1-8-5-9(19)6-12(23-4)17(8)16(20)13-10(21-2)7-11(22-3)14(18)15(13)24-17;1-3-5(17-12(16)13(23)24)2-4(15)14(25-3)26-11-9(21)7(19)6(18)8(20)10(11)22/h6-8H,5H2,1-4H3;3-11,14,18-22H,2,15H2,1H3,(H2,16,17)(H,23,24)/t8-,17+;3-,4+,5+,6?,7+,8+,9-,10+,11?,14-/m11/s1. The van der Waals surface area contributed by atoms with E-state index in [-0.39, 0.29) is 46.5 Å². The Kier molecular flexibility index (Phi) is 12.0. The topological polar surface area (TPSA) is 292 Å². The molecule has 50 heavy (non-hydrogen) atoms. The number of aliphatic carboxylic acids is 1. The van der Waals surface area contributed by atoms with Crippen molar-refractivity contribution >= 4 is 35.0 Å². The summed E-state index contributed by atoms with van der Waals surface area (Å²) in [6.45, 7) is 3.36. The molecule has 1 saturated heterocycles. The molecule has 2 aliphatic heterocycles. The van der Waals surface area contributed by atoms with Crippen LogP contribution in [0.25, 0.3) is 0 Å². The molecule has 12 atom stereocenters. The highest BCUT2D eigenvalue weighted by Gasteiger charge is 2.60. The van der Waals surface area contributed by atoms with Crippen LogP contribution in [-0.4, -0.2) is 142 Å². The lowest BCUT2D eigenvalue weighted by molar-refractivity contribution is -0.293. The van der Waals surface area contributed by atoms with Gasteiger partial charge in [-0.2, -0.15) is 0 Å². The van der Waals surface area contributed by atoms with Gasteiger partial charge in [-0.15, -0.1) is 0 Å². The third-order valence-corrected chi connectivity index (χ3v) is 9.50. The number of nitrogens with zero attached hydrogens (tertiary/aromatic N) is 1. The summed E-state index contributed by atoms with van der Waals surface area (Å²) in [6.07, 6.45) is -10.2. The van der Waals surface area contributed by atoms with E-state index in [1.165, 1.54) is 33.5 Å². The van der Waals surface area contributed by atoms with Crippen LogP contribution in [0.5, 0.6) is 17.2 Å². The number of methoxy groups -OCH3 is 3. The summed E-state index contributed by atoms with van der Waals surface area (Å²) in [4.78, 5) is 39.7. The highest BCUT2D eigenvalue weighted by molar-refractivity contribution is 6.35. The number of ether oxygens (including phenoxy) is 6. The number of amidine groups is 1. The maximum Gasteiger partial charge on any atom is 0.370 e. The predicted molar refractivity (Wildman–Crippen MR) is 171 cm³/mol. The highest BCUT2D eigenvalue weighted by Crippen LogP contribution is 2.54. The van der Waals surface area contributed by atoms with Crippen LogP contribution >= 0.6 is 11.6 Å². The Morgan fingerprint density at radius 1 is 0.980 bits per heavy atom. The zero-order valence-electron chi connectivity index (χ0n) is 27.8. The zero-order chi connectivity index (χ0) is 37.4. The lowest BCUT2D eigenvalue weighted by Gasteiger charge is -2.45. The molecule has 0 aromatic heterocycles. The fourth-order valence-corrected chi connectivity index (χ4v) is 6.59. The summed E-state index contributed by atoms with van der Waals surface area (Å²) < 4.78 is 32.9. The second kappa shape index (κ2) is 15.3. The van der Waals surface area contributed by atoms with Crippen molar-refractivity contribution < 1.29 is 73.4 Å². The lowest BCUT2D eigenvalue weighted by Crippen LogP contribution is -2.66. The monoisotopic (exact) mass is 731 g/mol. The summed E-state index contributed by atoms with van der Waals surface area (Å²) in [6, 6.07) is 0.0817. The van der Waals surface area contributed by atoms with Crippen LogP contribution in [0.2, 0.25) is 5.02 Å². The number of aliphatic imine (C=N–C) groups is 1. The first-order valence-corrected chi connectivity index (χ1v) is 15.8. The fraction of sp³-hybridized carbons (Fsp3) is 0.613. The number of hydrogen-bond acceptors (Lipinski definition) is 16. The van der Waals surface area contributed by atoms with Gasteiger partial charge in [0.15, 0.2) is 23.6 Å². The minimum absolute atomic E-state index is 0.118. The van der Waals surface area contributed by atoms with E-state index in [2.05, 4.69) is 4.99 Å². The fourth-order valence-electron chi connectivity index (χ4n) is 6.32. The largest absolute Gasteiger partial charge is 0.496 e. The smallest absolute Gasteiger partial charge is 0.370 e. The van der Waals surface area contributed by atoms with Crippen LogP contribution in [0.4, 0.5) is 0 Å². The third kappa shape index (κ3) is 6.99. The van der Waals surface area contributed by atoms with Crippen molar-refractivity contribution in [3.05, 3.63) is 28.5 Å². The van der Waals surface area contributed by atoms with Gasteiger partial charge >= 0.3 is 5.97 Å². The summed E-state index contributed by atoms with van der Waals surface area (Å²) >= 11 is 6.33. The number of carboxylic acid groups (broad SMARTS) is 1. The second-order valence-corrected chi connectivity index (χ2v) is 12.7. The van der Waals surface area contributed by atoms with Crippen molar-refractivity contribution in [2.75, 3.05) is 21.3 Å². The predicted octanol–water partition coefficient (Wildman–Crippen LogP) is -1.73. The number of carbonyl (C=O) groups is 3. The van der Waals surface area contributed by atoms with Crippen molar-refractivity contribution in [3.8, 4) is 17.2 Å². The van der Waals surface area contributed by atoms with Gasteiger partial charge < -0.3 is 70.5 Å². The molecule has 18 nitrogen and oxygen atoms in total. The molecule has 1 aromatic rings. The molecular formula is C31H42ClN3O15. The van der Waals surface area contributed by atoms with E-state index >= 15 is 0 Å². The average molecular weight is 732 g/mol. The molecule has 1 spiro atoms. The molecular weight excluding hydrogens is 690 g/mol. The average Bonchev–Trinajstić information content (AvgIpc) is 3.39. The highest BCUT2D eigenvalue weighted by atomic mass is 35.5. The number of fused-ring (bicyclic) bond motifs is 1. The summed E-state index contributed by atoms with van der Waals surface area (Å²) in [5, 5.41) is 58.0. The molecule has 1 saturated carbocycles. The van der Waals surface area contributed by atoms with E-state index < -0.39 is 84.4 Å². The Labute approximate surface area is 291 Å². The number of ketones is 2. The number of carboxylic acids is 1. The van der Waals surface area contributed by atoms with Gasteiger partial charge in [-0.1, -0.05) is 18.5 Å². The number of aliphatic hydroxyl groups excluding tert-OH is 5. The van der Waals surface area contributed by atoms with Crippen LogP contribution < -0.4 is 25.7 Å². The number of carbonyl (C=O) groups excluding carboxylic acids is 2. The number of nitrogens with two attached hydrogens (primary N) is 2. The molecule has 2 fully saturated rings. The zero-order valence-corrected chi connectivity index (χ0v) is 28.5. The van der Waals surface area contributed by atoms with Crippen LogP contribution in [0, 0.1) is 5.92 Å². The van der Waals surface area contributed by atoms with Gasteiger partial charge in [0, 0.05) is 24.5 Å². The van der Waals surface area contributed by atoms with Gasteiger partial charge in [0.2, 0.25) is 17.2 Å². The van der Waals surface area contributed by atoms with Crippen molar-refractivity contribution in [3.63, 3.8) is 0 Å². The van der Waals surface area contributed by atoms with Crippen molar-refractivity contribution in [2.45, 2.75) is 93.4 Å². The van der Waals surface area contributed by atoms with Gasteiger partial charge in [-0.05, 0) is 13.3 Å². The van der Waals surface area contributed by atoms with Crippen LogP contribution in [-0.2, 0) is 23.8 Å². The van der Waals surface area contributed by atoms with Gasteiger partial charge in [-0.25, -0.2) is 4.79 Å². The Balaban J connectivity index is 0.000000225. The molecule has 0 bridgehead atoms. The number of rotatable bonds is 6. The maximum atomic E-state index is 13.3. The molecule has 5 rings (SSSR count). The molecule has 278 valence electrons. The molecule has 10 N–H and O–H groups in total. The normalized spacial score (nSPS) is 36.8. The van der Waals surface area contributed by atoms with Gasteiger partial charge in [0.25, 0.3) is 0 Å². The van der Waals surface area contributed by atoms with Gasteiger partial charge in [0.05, 0.1) is 39.5 Å². The Hall–Kier alpha value is -3.59. The molecule has 19 heteroatoms. The molecule has 2 heterocycles. The second-order valence-electron chi connectivity index (χ2n) is 12.3. The van der Waals surface area contributed by atoms with Crippen molar-refractivity contribution in [1.29, 1.82) is 0 Å². The van der Waals surface area contributed by atoms with E-state index in [1.807, 2.05) is 0 Å². The number of aliphatic hydroxyl groups is 5. The first-order chi connectivity index (χ1) is 23.4. The van der Waals surface area contributed by atoms with E-state index in [0.717, 1.165) is 0 Å². The van der Waals surface area contributed by atoms with Crippen LogP contribution in [0.3, 0.4) is 0 Å². The van der Waals surface area contributed by atoms with Crippen molar-refractivity contribution in [2.24, 2.45) is 22.4 Å². The SMILES string of the molecule is COC1=CC(=O)C[C@@H](C)[C@]12Oc1c(Cl)c(OC)cc(OC)c1C2=O.C[C@H]1O[C@H](OC2[C@@H](O)[C@@H](O)C(O)[C@H](O)[C@H]2O)[C@@H](N)C[C@@H]1N=C(N)C(=O)O. The molecule has 0 amide bonds. The first kappa shape index (κ1) is 39.2. The number of hydrogen-bond donors (Lipinski definition) is 8. The minimum atomic E-state index is -1.74. The number of halogens is 1. The molecule has 2 unspecified atom stereocenters. The number of benzene rings is 1. The summed E-state index contributed by atoms with van der Waals surface area (Å²) in [5.74, 6) is -1.86. The number of Topliss-reactive ketones (excluding diaryl/α,β-unsaturated/α-hetero) is 1. The first-order valence-electron chi connectivity index (χ1n) is 15.5. The van der Waals surface area contributed by atoms with Crippen LogP contribution in [0.15, 0.2) is 22.9 Å². The Morgan fingerprint density at radius 2 is 1.56 bits per heavy atom. The number of allylic oxidation sites excluding steroid dienone is 1. The Morgan fingerprint density at radius 3 is 2.10 bits per heavy atom. The third-order valence-electron chi connectivity index (χ3n) is 9.14. The Bertz CT molecular complexity index is 1520. The molecule has 2 aliphatic carbocycles. The maximum absolute atomic E-state index is 13.3. The van der Waals surface area contributed by atoms with Gasteiger partial charge in [0.1, 0.15) is 58.7 Å². The van der Waals surface area contributed by atoms with Crippen molar-refractivity contribution in [1.82, 2.24) is 0 Å².